The third-order valence-corrected chi connectivity index (χ3v) is 3.75. The van der Waals surface area contributed by atoms with Crippen molar-refractivity contribution in [3.8, 4) is 0 Å². The number of aromatic nitrogens is 1. The molecule has 0 fully saturated rings. The predicted octanol–water partition coefficient (Wildman–Crippen LogP) is 2.67. The van der Waals surface area contributed by atoms with Gasteiger partial charge in [-0.2, -0.15) is 0 Å². The Hall–Kier alpha value is -3.88. The third-order valence-electron chi connectivity index (χ3n) is 3.75. The van der Waals surface area contributed by atoms with Crippen molar-refractivity contribution in [1.29, 1.82) is 0 Å². The summed E-state index contributed by atoms with van der Waals surface area (Å²) in [5, 5.41) is 11.1. The van der Waals surface area contributed by atoms with Crippen LogP contribution in [0.1, 0.15) is 26.4 Å². The molecular formula is C18H13FN4O4. The first-order valence-electron chi connectivity index (χ1n) is 7.77. The van der Waals surface area contributed by atoms with Crippen molar-refractivity contribution >= 4 is 28.4 Å². The van der Waals surface area contributed by atoms with E-state index in [9.17, 15) is 24.1 Å². The monoisotopic (exact) mass is 368 g/mol. The van der Waals surface area contributed by atoms with Gasteiger partial charge in [-0.1, -0.05) is 6.07 Å². The maximum Gasteiger partial charge on any atom is 0.270 e. The Morgan fingerprint density at radius 1 is 1.07 bits per heavy atom. The first-order valence-corrected chi connectivity index (χ1v) is 7.77. The van der Waals surface area contributed by atoms with Crippen LogP contribution in [0.25, 0.3) is 10.9 Å². The van der Waals surface area contributed by atoms with E-state index in [4.69, 9.17) is 0 Å². The van der Waals surface area contributed by atoms with Crippen LogP contribution in [-0.2, 0) is 0 Å². The van der Waals surface area contributed by atoms with E-state index in [2.05, 4.69) is 15.8 Å². The Balaban J connectivity index is 1.81. The molecule has 0 bridgehead atoms. The Morgan fingerprint density at radius 3 is 2.56 bits per heavy atom. The summed E-state index contributed by atoms with van der Waals surface area (Å²) in [6.45, 7) is 1.68. The van der Waals surface area contributed by atoms with Crippen molar-refractivity contribution in [2.24, 2.45) is 0 Å². The van der Waals surface area contributed by atoms with E-state index in [1.165, 1.54) is 42.5 Å². The summed E-state index contributed by atoms with van der Waals surface area (Å²) in [6, 6.07) is 10.4. The number of hydrogen-bond donors (Lipinski definition) is 2. The maximum atomic E-state index is 13.5. The number of rotatable bonds is 3. The van der Waals surface area contributed by atoms with Crippen LogP contribution in [0.2, 0.25) is 0 Å². The highest BCUT2D eigenvalue weighted by Gasteiger charge is 2.15. The molecule has 0 radical (unpaired) electrons. The normalized spacial score (nSPS) is 10.4. The number of fused-ring (bicyclic) bond motifs is 1. The van der Waals surface area contributed by atoms with E-state index in [1.807, 2.05) is 0 Å². The molecule has 2 aromatic carbocycles. The zero-order chi connectivity index (χ0) is 19.6. The zero-order valence-corrected chi connectivity index (χ0v) is 14.0. The van der Waals surface area contributed by atoms with E-state index in [-0.39, 0.29) is 16.8 Å². The predicted molar refractivity (Wildman–Crippen MR) is 94.5 cm³/mol. The molecule has 0 saturated carbocycles. The largest absolute Gasteiger partial charge is 0.270 e. The molecule has 1 heterocycles. The van der Waals surface area contributed by atoms with Gasteiger partial charge in [-0.25, -0.2) is 4.39 Å². The number of non-ortho nitro benzene ring substituents is 1. The first kappa shape index (κ1) is 17.9. The summed E-state index contributed by atoms with van der Waals surface area (Å²) < 4.78 is 13.5. The summed E-state index contributed by atoms with van der Waals surface area (Å²) in [4.78, 5) is 38.9. The smallest absolute Gasteiger partial charge is 0.267 e. The lowest BCUT2D eigenvalue weighted by molar-refractivity contribution is -0.384. The lowest BCUT2D eigenvalue weighted by atomic mass is 10.1. The van der Waals surface area contributed by atoms with E-state index in [0.717, 1.165) is 6.07 Å². The fourth-order valence-corrected chi connectivity index (χ4v) is 2.53. The molecule has 136 valence electrons. The van der Waals surface area contributed by atoms with Gasteiger partial charge >= 0.3 is 0 Å². The lowest BCUT2D eigenvalue weighted by Crippen LogP contribution is -2.41. The molecule has 9 heteroatoms. The molecule has 27 heavy (non-hydrogen) atoms. The SMILES string of the molecule is Cc1cc(C(=O)NNC(=O)c2cccc([N+](=O)[O-])c2)c2cc(F)ccc2n1. The molecule has 3 aromatic rings. The second-order valence-corrected chi connectivity index (χ2v) is 5.69. The van der Waals surface area contributed by atoms with Gasteiger partial charge in [0.05, 0.1) is 16.0 Å². The van der Waals surface area contributed by atoms with Gasteiger partial charge in [0.15, 0.2) is 0 Å². The van der Waals surface area contributed by atoms with Crippen LogP contribution in [0.5, 0.6) is 0 Å². The molecule has 1 aromatic heterocycles. The second-order valence-electron chi connectivity index (χ2n) is 5.69. The Labute approximate surface area is 152 Å². The highest BCUT2D eigenvalue weighted by molar-refractivity contribution is 6.07. The summed E-state index contributed by atoms with van der Waals surface area (Å²) >= 11 is 0. The number of halogens is 1. The summed E-state index contributed by atoms with van der Waals surface area (Å²) in [5.41, 5.74) is 5.29. The van der Waals surface area contributed by atoms with Gasteiger partial charge in [0.25, 0.3) is 17.5 Å². The average molecular weight is 368 g/mol. The van der Waals surface area contributed by atoms with Gasteiger partial charge < -0.3 is 0 Å². The maximum absolute atomic E-state index is 13.5. The van der Waals surface area contributed by atoms with Gasteiger partial charge in [0, 0.05) is 28.8 Å². The quantitative estimate of drug-likeness (QED) is 0.545. The number of aryl methyl sites for hydroxylation is 1. The molecule has 3 rings (SSSR count). The number of hydrogen-bond acceptors (Lipinski definition) is 5. The van der Waals surface area contributed by atoms with E-state index in [1.54, 1.807) is 6.92 Å². The van der Waals surface area contributed by atoms with Crippen molar-refractivity contribution in [2.45, 2.75) is 6.92 Å². The fraction of sp³-hybridized carbons (Fsp3) is 0.0556. The van der Waals surface area contributed by atoms with Crippen molar-refractivity contribution < 1.29 is 18.9 Å². The molecule has 0 aliphatic heterocycles. The molecule has 0 aliphatic rings. The number of nitro groups is 1. The number of carbonyl (C=O) groups is 2. The molecule has 0 atom stereocenters. The van der Waals surface area contributed by atoms with Crippen molar-refractivity contribution in [2.75, 3.05) is 0 Å². The molecule has 0 aliphatic carbocycles. The summed E-state index contributed by atoms with van der Waals surface area (Å²) in [5.74, 6) is -1.92. The minimum Gasteiger partial charge on any atom is -0.267 e. The Morgan fingerprint density at radius 2 is 1.81 bits per heavy atom. The Kier molecular flexibility index (Phi) is 4.75. The minimum absolute atomic E-state index is 0.00584. The number of nitrogens with zero attached hydrogens (tertiary/aromatic N) is 2. The highest BCUT2D eigenvalue weighted by atomic mass is 19.1. The van der Waals surface area contributed by atoms with Crippen LogP contribution >= 0.6 is 0 Å². The molecule has 2 N–H and O–H groups in total. The number of nitro benzene ring substituents is 1. The number of benzene rings is 2. The topological polar surface area (TPSA) is 114 Å². The molecular weight excluding hydrogens is 355 g/mol. The van der Waals surface area contributed by atoms with E-state index >= 15 is 0 Å². The number of hydrazine groups is 1. The molecule has 0 saturated heterocycles. The first-order chi connectivity index (χ1) is 12.8. The zero-order valence-electron chi connectivity index (χ0n) is 14.0. The third kappa shape index (κ3) is 3.87. The van der Waals surface area contributed by atoms with Crippen LogP contribution in [0, 0.1) is 22.9 Å². The highest BCUT2D eigenvalue weighted by Crippen LogP contribution is 2.19. The van der Waals surface area contributed by atoms with E-state index in [0.29, 0.717) is 16.6 Å². The van der Waals surface area contributed by atoms with Gasteiger partial charge in [0.1, 0.15) is 5.82 Å². The molecule has 0 unspecified atom stereocenters. The van der Waals surface area contributed by atoms with Crippen LogP contribution in [0.3, 0.4) is 0 Å². The van der Waals surface area contributed by atoms with Gasteiger partial charge in [-0.05, 0) is 37.3 Å². The Bertz CT molecular complexity index is 1080. The van der Waals surface area contributed by atoms with Gasteiger partial charge in [0.2, 0.25) is 0 Å². The summed E-state index contributed by atoms with van der Waals surface area (Å²) in [6.07, 6.45) is 0. The number of carbonyl (C=O) groups excluding carboxylic acids is 2. The fourth-order valence-electron chi connectivity index (χ4n) is 2.53. The number of nitrogens with one attached hydrogen (secondary N) is 2. The molecule has 8 nitrogen and oxygen atoms in total. The average Bonchev–Trinajstić information content (AvgIpc) is 2.65. The van der Waals surface area contributed by atoms with Gasteiger partial charge in [-0.15, -0.1) is 0 Å². The van der Waals surface area contributed by atoms with Crippen LogP contribution in [-0.4, -0.2) is 21.7 Å². The van der Waals surface area contributed by atoms with Crippen molar-refractivity contribution in [3.05, 3.63) is 81.3 Å². The van der Waals surface area contributed by atoms with Crippen LogP contribution in [0.15, 0.2) is 48.5 Å². The van der Waals surface area contributed by atoms with Crippen LogP contribution in [0.4, 0.5) is 10.1 Å². The van der Waals surface area contributed by atoms with Crippen molar-refractivity contribution in [1.82, 2.24) is 15.8 Å². The number of amides is 2. The lowest BCUT2D eigenvalue weighted by Gasteiger charge is -2.10. The standard InChI is InChI=1S/C18H13FN4O4/c1-10-7-15(14-9-12(19)5-6-16(14)20-10)18(25)22-21-17(24)11-3-2-4-13(8-11)23(26)27/h2-9H,1H3,(H,21,24)(H,22,25). The van der Waals surface area contributed by atoms with E-state index < -0.39 is 22.6 Å². The van der Waals surface area contributed by atoms with Crippen molar-refractivity contribution in [3.63, 3.8) is 0 Å². The second kappa shape index (κ2) is 7.16. The van der Waals surface area contributed by atoms with Crippen LogP contribution < -0.4 is 10.9 Å². The number of pyridine rings is 1. The molecule has 2 amide bonds. The minimum atomic E-state index is -0.728. The summed E-state index contributed by atoms with van der Waals surface area (Å²) in [7, 11) is 0. The molecule has 0 spiro atoms. The van der Waals surface area contributed by atoms with Gasteiger partial charge in [-0.3, -0.25) is 35.5 Å².